The highest BCUT2D eigenvalue weighted by Gasteiger charge is 2.38. The van der Waals surface area contributed by atoms with Gasteiger partial charge in [-0.3, -0.25) is 4.90 Å². The third kappa shape index (κ3) is 8.67. The second-order valence-electron chi connectivity index (χ2n) is 16.7. The number of pyridine rings is 1. The molecule has 3 aliphatic rings. The van der Waals surface area contributed by atoms with Crippen molar-refractivity contribution in [3.63, 3.8) is 0 Å². The molecule has 1 aliphatic carbocycles. The second-order valence-corrected chi connectivity index (χ2v) is 22.8. The SMILES string of the molecule is CC1(C)CCC(CN2CCN(c3cccc(N4CCC(F)(F)Oc5nc6c(ccn6COCC[Si](C)(C)C)cc54)c3)CC2)=C(c2ccc(Cl)cc2)C1. The Balaban J connectivity index is 1.07. The zero-order valence-corrected chi connectivity index (χ0v) is 33.0. The molecular weight excluding hydrogens is 696 g/mol. The monoisotopic (exact) mass is 747 g/mol. The van der Waals surface area contributed by atoms with E-state index < -0.39 is 20.6 Å². The lowest BCUT2D eigenvalue weighted by Crippen LogP contribution is -2.47. The predicted molar refractivity (Wildman–Crippen MR) is 212 cm³/mol. The van der Waals surface area contributed by atoms with Gasteiger partial charge in [-0.1, -0.05) is 68.9 Å². The molecule has 278 valence electrons. The highest BCUT2D eigenvalue weighted by atomic mass is 35.5. The number of anilines is 3. The smallest absolute Gasteiger partial charge is 0.400 e. The summed E-state index contributed by atoms with van der Waals surface area (Å²) in [5, 5.41) is 1.63. The zero-order chi connectivity index (χ0) is 36.7. The molecule has 0 bridgehead atoms. The Hall–Kier alpha value is -3.44. The van der Waals surface area contributed by atoms with Gasteiger partial charge < -0.3 is 23.8 Å². The number of rotatable bonds is 10. The number of alkyl halides is 2. The van der Waals surface area contributed by atoms with Crippen LogP contribution in [0.5, 0.6) is 5.88 Å². The summed E-state index contributed by atoms with van der Waals surface area (Å²) >= 11 is 6.23. The van der Waals surface area contributed by atoms with Crippen molar-refractivity contribution in [3.05, 3.63) is 83.0 Å². The van der Waals surface area contributed by atoms with Crippen LogP contribution in [-0.2, 0) is 11.5 Å². The van der Waals surface area contributed by atoms with Crippen molar-refractivity contribution >= 4 is 53.3 Å². The topological polar surface area (TPSA) is 46.0 Å². The summed E-state index contributed by atoms with van der Waals surface area (Å²) in [6.07, 6.45) is 1.52. The van der Waals surface area contributed by atoms with Gasteiger partial charge in [-0.15, -0.1) is 0 Å². The molecule has 0 atom stereocenters. The number of halogens is 3. The van der Waals surface area contributed by atoms with E-state index in [2.05, 4.69) is 72.5 Å². The Morgan fingerprint density at radius 2 is 1.67 bits per heavy atom. The van der Waals surface area contributed by atoms with Gasteiger partial charge in [-0.2, -0.15) is 13.8 Å². The minimum Gasteiger partial charge on any atom is -0.412 e. The Kier molecular flexibility index (Phi) is 10.5. The minimum absolute atomic E-state index is 0.0607. The molecule has 0 spiro atoms. The summed E-state index contributed by atoms with van der Waals surface area (Å²) in [7, 11) is -1.23. The molecule has 0 amide bonds. The number of hydrogen-bond donors (Lipinski definition) is 0. The largest absolute Gasteiger partial charge is 0.412 e. The Morgan fingerprint density at radius 3 is 2.42 bits per heavy atom. The van der Waals surface area contributed by atoms with Crippen molar-refractivity contribution in [2.45, 2.75) is 78.1 Å². The van der Waals surface area contributed by atoms with Crippen LogP contribution in [0.15, 0.2) is 72.4 Å². The van der Waals surface area contributed by atoms with Crippen molar-refractivity contribution in [3.8, 4) is 5.88 Å². The van der Waals surface area contributed by atoms with Crippen LogP contribution in [0.3, 0.4) is 0 Å². The van der Waals surface area contributed by atoms with Crippen molar-refractivity contribution in [2.24, 2.45) is 5.41 Å². The van der Waals surface area contributed by atoms with Gasteiger partial charge in [0.2, 0.25) is 5.88 Å². The first kappa shape index (κ1) is 36.9. The van der Waals surface area contributed by atoms with E-state index in [-0.39, 0.29) is 17.8 Å². The van der Waals surface area contributed by atoms with E-state index in [0.29, 0.717) is 24.7 Å². The highest BCUT2D eigenvalue weighted by Crippen LogP contribution is 2.44. The molecule has 11 heteroatoms. The molecule has 52 heavy (non-hydrogen) atoms. The van der Waals surface area contributed by atoms with Crippen molar-refractivity contribution < 1.29 is 18.3 Å². The lowest BCUT2D eigenvalue weighted by molar-refractivity contribution is -0.178. The number of nitrogens with zero attached hydrogens (tertiary/aromatic N) is 5. The summed E-state index contributed by atoms with van der Waals surface area (Å²) < 4.78 is 43.2. The van der Waals surface area contributed by atoms with Crippen LogP contribution in [0.2, 0.25) is 30.7 Å². The van der Waals surface area contributed by atoms with Crippen molar-refractivity contribution in [2.75, 3.05) is 55.7 Å². The Bertz CT molecular complexity index is 1910. The normalized spacial score (nSPS) is 19.5. The molecule has 1 fully saturated rings. The van der Waals surface area contributed by atoms with E-state index in [1.54, 1.807) is 5.57 Å². The van der Waals surface area contributed by atoms with E-state index in [0.717, 1.165) is 73.4 Å². The summed E-state index contributed by atoms with van der Waals surface area (Å²) in [5.41, 5.74) is 7.65. The van der Waals surface area contributed by atoms with Crippen molar-refractivity contribution in [1.29, 1.82) is 0 Å². The van der Waals surface area contributed by atoms with E-state index in [4.69, 9.17) is 21.1 Å². The Morgan fingerprint density at radius 1 is 0.923 bits per heavy atom. The summed E-state index contributed by atoms with van der Waals surface area (Å²) in [5.74, 6) is -0.0607. The molecular formula is C41H52ClF2N5O2Si. The lowest BCUT2D eigenvalue weighted by Gasteiger charge is -2.39. The molecule has 0 radical (unpaired) electrons. The van der Waals surface area contributed by atoms with Gasteiger partial charge in [0, 0.05) is 81.9 Å². The molecule has 1 saturated heterocycles. The number of benzene rings is 2. The Labute approximate surface area is 313 Å². The molecule has 0 saturated carbocycles. The minimum atomic E-state index is -3.33. The lowest BCUT2D eigenvalue weighted by atomic mass is 9.72. The third-order valence-electron chi connectivity index (χ3n) is 10.7. The van der Waals surface area contributed by atoms with Gasteiger partial charge >= 0.3 is 6.11 Å². The molecule has 4 aromatic rings. The van der Waals surface area contributed by atoms with E-state index in [1.807, 2.05) is 52.1 Å². The van der Waals surface area contributed by atoms with Crippen LogP contribution < -0.4 is 14.5 Å². The molecule has 7 nitrogen and oxygen atoms in total. The molecule has 0 N–H and O–H groups in total. The van der Waals surface area contributed by atoms with Gasteiger partial charge in [0.1, 0.15) is 18.1 Å². The summed E-state index contributed by atoms with van der Waals surface area (Å²) in [6, 6.07) is 21.5. The quantitative estimate of drug-likeness (QED) is 0.119. The maximum absolute atomic E-state index is 15.0. The maximum Gasteiger partial charge on any atom is 0.400 e. The van der Waals surface area contributed by atoms with Gasteiger partial charge in [0.05, 0.1) is 6.42 Å². The van der Waals surface area contributed by atoms with Crippen LogP contribution >= 0.6 is 11.6 Å². The molecule has 2 aromatic carbocycles. The summed E-state index contributed by atoms with van der Waals surface area (Å²) in [6.45, 7) is 17.4. The van der Waals surface area contributed by atoms with E-state index >= 15 is 8.78 Å². The number of hydrogen-bond acceptors (Lipinski definition) is 6. The molecule has 0 unspecified atom stereocenters. The number of piperazine rings is 1. The number of allylic oxidation sites excluding steroid dienone is 1. The number of ether oxygens (including phenoxy) is 2. The average Bonchev–Trinajstić information content (AvgIpc) is 3.42. The first-order chi connectivity index (χ1) is 24.7. The number of aromatic nitrogens is 2. The van der Waals surface area contributed by atoms with Crippen LogP contribution in [0.25, 0.3) is 16.6 Å². The summed E-state index contributed by atoms with van der Waals surface area (Å²) in [4.78, 5) is 11.6. The molecule has 2 aromatic heterocycles. The van der Waals surface area contributed by atoms with Gasteiger partial charge in [0.25, 0.3) is 0 Å². The van der Waals surface area contributed by atoms with Crippen LogP contribution in [-0.4, -0.2) is 74.5 Å². The predicted octanol–water partition coefficient (Wildman–Crippen LogP) is 10.3. The molecule has 7 rings (SSSR count). The molecule has 2 aliphatic heterocycles. The fourth-order valence-corrected chi connectivity index (χ4v) is 8.46. The maximum atomic E-state index is 15.0. The average molecular weight is 748 g/mol. The van der Waals surface area contributed by atoms with E-state index in [9.17, 15) is 0 Å². The van der Waals surface area contributed by atoms with E-state index in [1.165, 1.54) is 17.6 Å². The van der Waals surface area contributed by atoms with Crippen LogP contribution in [0.1, 0.15) is 45.1 Å². The number of fused-ring (bicyclic) bond motifs is 2. The van der Waals surface area contributed by atoms with Crippen LogP contribution in [0.4, 0.5) is 25.8 Å². The fourth-order valence-electron chi connectivity index (χ4n) is 7.58. The van der Waals surface area contributed by atoms with Gasteiger partial charge in [-0.25, -0.2) is 0 Å². The fraction of sp³-hybridized carbons (Fsp3) is 0.488. The third-order valence-corrected chi connectivity index (χ3v) is 12.7. The first-order valence-corrected chi connectivity index (χ1v) is 22.8. The second kappa shape index (κ2) is 14.8. The zero-order valence-electron chi connectivity index (χ0n) is 31.2. The highest BCUT2D eigenvalue weighted by molar-refractivity contribution is 6.76. The molecule has 4 heterocycles. The van der Waals surface area contributed by atoms with Crippen LogP contribution in [0, 0.1) is 5.41 Å². The standard InChI is InChI=1S/C41H52ClF2N5O2Si/c1-40(2)15-13-32(36(27-40)30-9-11-33(42)12-10-30)28-46-19-21-47(22-20-46)34-7-6-8-35(26-34)49-18-16-41(43,44)51-39-37(49)25-31-14-17-48(38(31)45-39)29-50-23-24-52(3,4)5/h6-12,14,17,25-26H,13,15-16,18-24,27-29H2,1-5H3. The van der Waals surface area contributed by atoms with Crippen molar-refractivity contribution in [1.82, 2.24) is 14.5 Å². The van der Waals surface area contributed by atoms with Gasteiger partial charge in [-0.05, 0) is 84.3 Å². The first-order valence-electron chi connectivity index (χ1n) is 18.7. The van der Waals surface area contributed by atoms with Gasteiger partial charge in [0.15, 0.2) is 0 Å².